The van der Waals surface area contributed by atoms with E-state index in [2.05, 4.69) is 10.1 Å². The number of sulfone groups is 1. The largest absolute Gasteiger partial charge is 0.501 e. The van der Waals surface area contributed by atoms with Gasteiger partial charge in [0.05, 0.1) is 10.6 Å². The number of halogens is 3. The third kappa shape index (κ3) is 2.38. The molecular formula is C9H7F3N4O2S. The van der Waals surface area contributed by atoms with Gasteiger partial charge < -0.3 is 5.73 Å². The van der Waals surface area contributed by atoms with Crippen LogP contribution >= 0.6 is 0 Å². The van der Waals surface area contributed by atoms with Crippen molar-refractivity contribution in [3.8, 4) is 5.69 Å². The maximum atomic E-state index is 12.3. The van der Waals surface area contributed by atoms with Crippen molar-refractivity contribution in [2.24, 2.45) is 0 Å². The van der Waals surface area contributed by atoms with Gasteiger partial charge in [0.15, 0.2) is 0 Å². The molecule has 2 rings (SSSR count). The van der Waals surface area contributed by atoms with E-state index in [4.69, 9.17) is 5.73 Å². The van der Waals surface area contributed by atoms with E-state index in [0.29, 0.717) is 5.69 Å². The first-order valence-corrected chi connectivity index (χ1v) is 6.29. The van der Waals surface area contributed by atoms with Gasteiger partial charge in [0.25, 0.3) is 9.84 Å². The van der Waals surface area contributed by atoms with E-state index >= 15 is 0 Å². The van der Waals surface area contributed by atoms with Gasteiger partial charge >= 0.3 is 5.51 Å². The summed E-state index contributed by atoms with van der Waals surface area (Å²) in [6.07, 6.45) is 1.25. The van der Waals surface area contributed by atoms with Crippen LogP contribution < -0.4 is 5.73 Å². The van der Waals surface area contributed by atoms with E-state index < -0.39 is 20.2 Å². The fourth-order valence-corrected chi connectivity index (χ4v) is 2.07. The highest BCUT2D eigenvalue weighted by Gasteiger charge is 2.46. The molecule has 2 N–H and O–H groups in total. The van der Waals surface area contributed by atoms with Crippen molar-refractivity contribution in [2.45, 2.75) is 10.4 Å². The van der Waals surface area contributed by atoms with Crippen LogP contribution in [0.25, 0.3) is 5.69 Å². The SMILES string of the molecule is Nc1ncn(-c2ccc(S(=O)(=O)C(F)(F)F)cc2)n1. The smallest absolute Gasteiger partial charge is 0.366 e. The van der Waals surface area contributed by atoms with E-state index in [-0.39, 0.29) is 5.95 Å². The third-order valence-corrected chi connectivity index (χ3v) is 3.73. The first-order valence-electron chi connectivity index (χ1n) is 4.81. The van der Waals surface area contributed by atoms with Gasteiger partial charge in [0.2, 0.25) is 5.95 Å². The molecule has 0 aliphatic heterocycles. The van der Waals surface area contributed by atoms with Gasteiger partial charge in [-0.25, -0.2) is 18.1 Å². The molecule has 1 aromatic carbocycles. The number of hydrogen-bond donors (Lipinski definition) is 1. The van der Waals surface area contributed by atoms with Gasteiger partial charge in [-0.15, -0.1) is 5.10 Å². The summed E-state index contributed by atoms with van der Waals surface area (Å²) in [5.74, 6) is -0.00742. The van der Waals surface area contributed by atoms with Crippen molar-refractivity contribution < 1.29 is 21.6 Å². The van der Waals surface area contributed by atoms with Gasteiger partial charge in [0, 0.05) is 0 Å². The van der Waals surface area contributed by atoms with Gasteiger partial charge in [-0.1, -0.05) is 0 Å². The Balaban J connectivity index is 2.40. The Morgan fingerprint density at radius 2 is 1.74 bits per heavy atom. The predicted octanol–water partition coefficient (Wildman–Crippen LogP) is 1.14. The fraction of sp³-hybridized carbons (Fsp3) is 0.111. The van der Waals surface area contributed by atoms with Crippen LogP contribution in [0.2, 0.25) is 0 Å². The molecule has 0 aliphatic carbocycles. The number of alkyl halides is 3. The summed E-state index contributed by atoms with van der Waals surface area (Å²) < 4.78 is 60.4. The van der Waals surface area contributed by atoms with E-state index in [1.165, 1.54) is 23.1 Å². The van der Waals surface area contributed by atoms with Crippen LogP contribution in [0.15, 0.2) is 35.5 Å². The molecule has 0 unspecified atom stereocenters. The Kier molecular flexibility index (Phi) is 2.97. The van der Waals surface area contributed by atoms with Crippen LogP contribution in [0, 0.1) is 0 Å². The minimum Gasteiger partial charge on any atom is -0.366 e. The molecule has 0 amide bonds. The summed E-state index contributed by atoms with van der Waals surface area (Å²) in [4.78, 5) is 2.80. The molecule has 1 aromatic heterocycles. The lowest BCUT2D eigenvalue weighted by Crippen LogP contribution is -2.23. The minimum atomic E-state index is -5.34. The number of hydrogen-bond acceptors (Lipinski definition) is 5. The molecule has 19 heavy (non-hydrogen) atoms. The van der Waals surface area contributed by atoms with Crippen molar-refractivity contribution in [3.63, 3.8) is 0 Å². The lowest BCUT2D eigenvalue weighted by atomic mass is 10.3. The van der Waals surface area contributed by atoms with Crippen molar-refractivity contribution in [2.75, 3.05) is 5.73 Å². The van der Waals surface area contributed by atoms with Crippen molar-refractivity contribution in [1.82, 2.24) is 14.8 Å². The van der Waals surface area contributed by atoms with Crippen LogP contribution in [-0.4, -0.2) is 28.7 Å². The monoisotopic (exact) mass is 292 g/mol. The number of aromatic nitrogens is 3. The summed E-state index contributed by atoms with van der Waals surface area (Å²) in [7, 11) is -5.34. The lowest BCUT2D eigenvalue weighted by Gasteiger charge is -2.08. The standard InChI is InChI=1S/C9H7F3N4O2S/c10-9(11,12)19(17,18)7-3-1-6(2-4-7)16-5-14-8(13)15-16/h1-5H,(H2,13,15). The highest BCUT2D eigenvalue weighted by Crippen LogP contribution is 2.30. The van der Waals surface area contributed by atoms with E-state index in [9.17, 15) is 21.6 Å². The van der Waals surface area contributed by atoms with Crippen molar-refractivity contribution in [3.05, 3.63) is 30.6 Å². The normalized spacial score (nSPS) is 12.6. The molecule has 0 bridgehead atoms. The third-order valence-electron chi connectivity index (χ3n) is 2.23. The molecule has 1 heterocycles. The van der Waals surface area contributed by atoms with E-state index in [1.807, 2.05) is 0 Å². The average molecular weight is 292 g/mol. The first kappa shape index (κ1) is 13.3. The zero-order chi connectivity index (χ0) is 14.3. The quantitative estimate of drug-likeness (QED) is 0.896. The van der Waals surface area contributed by atoms with E-state index in [0.717, 1.165) is 12.1 Å². The number of rotatable bonds is 2. The highest BCUT2D eigenvalue weighted by atomic mass is 32.2. The van der Waals surface area contributed by atoms with Crippen LogP contribution in [0.5, 0.6) is 0 Å². The number of benzene rings is 1. The molecule has 0 spiro atoms. The molecule has 102 valence electrons. The topological polar surface area (TPSA) is 90.9 Å². The number of nitrogens with two attached hydrogens (primary N) is 1. The Morgan fingerprint density at radius 3 is 2.16 bits per heavy atom. The predicted molar refractivity (Wildman–Crippen MR) is 59.0 cm³/mol. The van der Waals surface area contributed by atoms with Crippen LogP contribution in [0.4, 0.5) is 19.1 Å². The maximum Gasteiger partial charge on any atom is 0.501 e. The number of nitrogens with zero attached hydrogens (tertiary/aromatic N) is 3. The molecule has 0 saturated carbocycles. The Hall–Kier alpha value is -2.10. The molecule has 0 saturated heterocycles. The van der Waals surface area contributed by atoms with Crippen LogP contribution in [-0.2, 0) is 9.84 Å². The Bertz CT molecular complexity index is 691. The van der Waals surface area contributed by atoms with Gasteiger partial charge in [-0.2, -0.15) is 13.2 Å². The van der Waals surface area contributed by atoms with Gasteiger partial charge in [0.1, 0.15) is 6.33 Å². The molecule has 10 heteroatoms. The zero-order valence-corrected chi connectivity index (χ0v) is 9.98. The average Bonchev–Trinajstić information content (AvgIpc) is 2.74. The summed E-state index contributed by atoms with van der Waals surface area (Å²) in [6.45, 7) is 0. The zero-order valence-electron chi connectivity index (χ0n) is 9.16. The fourth-order valence-electron chi connectivity index (χ4n) is 1.31. The molecule has 0 radical (unpaired) electrons. The van der Waals surface area contributed by atoms with Gasteiger partial charge in [-0.05, 0) is 24.3 Å². The number of nitrogen functional groups attached to an aromatic ring is 1. The van der Waals surface area contributed by atoms with Crippen LogP contribution in [0.1, 0.15) is 0 Å². The van der Waals surface area contributed by atoms with Crippen LogP contribution in [0.3, 0.4) is 0 Å². The maximum absolute atomic E-state index is 12.3. The molecule has 0 fully saturated rings. The Morgan fingerprint density at radius 1 is 1.16 bits per heavy atom. The molecule has 6 nitrogen and oxygen atoms in total. The van der Waals surface area contributed by atoms with E-state index in [1.54, 1.807) is 0 Å². The first-order chi connectivity index (χ1) is 8.72. The summed E-state index contributed by atoms with van der Waals surface area (Å²) in [5, 5.41) is 3.73. The summed E-state index contributed by atoms with van der Waals surface area (Å²) >= 11 is 0. The lowest BCUT2D eigenvalue weighted by molar-refractivity contribution is -0.0436. The molecule has 0 atom stereocenters. The second-order valence-corrected chi connectivity index (χ2v) is 5.43. The Labute approximate surface area is 105 Å². The summed E-state index contributed by atoms with van der Waals surface area (Å²) in [5.41, 5.74) is 0.296. The number of anilines is 1. The van der Waals surface area contributed by atoms with Crippen molar-refractivity contribution in [1.29, 1.82) is 0 Å². The molecule has 0 aliphatic rings. The highest BCUT2D eigenvalue weighted by molar-refractivity contribution is 7.92. The summed E-state index contributed by atoms with van der Waals surface area (Å²) in [6, 6.07) is 4.03. The van der Waals surface area contributed by atoms with Crippen molar-refractivity contribution >= 4 is 15.8 Å². The second-order valence-electron chi connectivity index (χ2n) is 3.49. The molecular weight excluding hydrogens is 285 g/mol. The molecule has 2 aromatic rings. The minimum absolute atomic E-state index is 0.00742. The van der Waals surface area contributed by atoms with Gasteiger partial charge in [-0.3, -0.25) is 0 Å². The second kappa shape index (κ2) is 4.23.